The lowest BCUT2D eigenvalue weighted by atomic mass is 10.1. The van der Waals surface area contributed by atoms with Crippen molar-refractivity contribution >= 4 is 45.8 Å². The van der Waals surface area contributed by atoms with Crippen LogP contribution >= 0.6 is 22.9 Å². The third kappa shape index (κ3) is 6.26. The Morgan fingerprint density at radius 1 is 1.21 bits per heavy atom. The summed E-state index contributed by atoms with van der Waals surface area (Å²) in [6, 6.07) is 0. The molecule has 1 amide bonds. The molecule has 2 rings (SSSR count). The number of thiophene rings is 1. The summed E-state index contributed by atoms with van der Waals surface area (Å²) >= 11 is 6.57. The van der Waals surface area contributed by atoms with Gasteiger partial charge in [0.05, 0.1) is 35.5 Å². The minimum atomic E-state index is -4.72. The van der Waals surface area contributed by atoms with E-state index in [1.807, 2.05) is 0 Å². The first-order valence-electron chi connectivity index (χ1n) is 9.89. The number of halogens is 4. The molecule has 0 aliphatic rings. The number of amides is 1. The number of ether oxygens (including phenoxy) is 2. The van der Waals surface area contributed by atoms with Gasteiger partial charge in [0.2, 0.25) is 5.91 Å². The fraction of sp³-hybridized carbons (Fsp3) is 0.500. The Kier molecular flexibility index (Phi) is 8.52. The average molecular weight is 510 g/mol. The second kappa shape index (κ2) is 10.6. The van der Waals surface area contributed by atoms with Crippen LogP contribution in [0.15, 0.2) is 0 Å². The summed E-state index contributed by atoms with van der Waals surface area (Å²) in [6.07, 6.45) is -5.43. The third-order valence-electron chi connectivity index (χ3n) is 4.36. The predicted octanol–water partition coefficient (Wildman–Crippen LogP) is 5.00. The normalized spacial score (nSPS) is 11.6. The van der Waals surface area contributed by atoms with Gasteiger partial charge in [0.25, 0.3) is 0 Å². The van der Waals surface area contributed by atoms with Crippen LogP contribution in [0.3, 0.4) is 0 Å². The number of aromatic nitrogens is 2. The molecule has 0 bridgehead atoms. The molecule has 2 aromatic heterocycles. The van der Waals surface area contributed by atoms with Crippen LogP contribution < -0.4 is 5.32 Å². The highest BCUT2D eigenvalue weighted by molar-refractivity contribution is 7.18. The van der Waals surface area contributed by atoms with E-state index in [1.165, 1.54) is 13.8 Å². The summed E-state index contributed by atoms with van der Waals surface area (Å²) in [4.78, 5) is 37.5. The molecule has 2 heterocycles. The van der Waals surface area contributed by atoms with Crippen molar-refractivity contribution in [3.05, 3.63) is 32.4 Å². The van der Waals surface area contributed by atoms with Crippen LogP contribution in [0.5, 0.6) is 0 Å². The van der Waals surface area contributed by atoms with Gasteiger partial charge in [-0.15, -0.1) is 11.3 Å². The summed E-state index contributed by atoms with van der Waals surface area (Å²) in [7, 11) is 0. The van der Waals surface area contributed by atoms with Crippen molar-refractivity contribution in [3.8, 4) is 0 Å². The van der Waals surface area contributed by atoms with E-state index in [2.05, 4.69) is 10.4 Å². The van der Waals surface area contributed by atoms with E-state index >= 15 is 0 Å². The molecular weight excluding hydrogens is 487 g/mol. The molecule has 0 spiro atoms. The summed E-state index contributed by atoms with van der Waals surface area (Å²) in [6.45, 7) is 7.75. The molecule has 2 aromatic rings. The minimum absolute atomic E-state index is 0.0165. The molecule has 0 unspecified atom stereocenters. The summed E-state index contributed by atoms with van der Waals surface area (Å²) in [5.74, 6) is -1.99. The maximum atomic E-state index is 13.0. The molecule has 0 aromatic carbocycles. The molecule has 8 nitrogen and oxygen atoms in total. The van der Waals surface area contributed by atoms with Gasteiger partial charge in [0.15, 0.2) is 5.69 Å². The van der Waals surface area contributed by atoms with E-state index in [1.54, 1.807) is 20.8 Å². The molecule has 0 fully saturated rings. The van der Waals surface area contributed by atoms with Crippen LogP contribution in [0, 0.1) is 13.8 Å². The first-order chi connectivity index (χ1) is 15.3. The quantitative estimate of drug-likeness (QED) is 0.502. The minimum Gasteiger partial charge on any atom is -0.462 e. The molecule has 0 atom stereocenters. The van der Waals surface area contributed by atoms with Crippen molar-refractivity contribution in [3.63, 3.8) is 0 Å². The van der Waals surface area contributed by atoms with Crippen LogP contribution in [-0.4, -0.2) is 40.3 Å². The van der Waals surface area contributed by atoms with Crippen molar-refractivity contribution in [1.82, 2.24) is 9.78 Å². The lowest BCUT2D eigenvalue weighted by Gasteiger charge is -2.10. The zero-order chi connectivity index (χ0) is 25.1. The summed E-state index contributed by atoms with van der Waals surface area (Å²) in [5.41, 5.74) is -0.852. The number of aryl methyl sites for hydroxylation is 1. The van der Waals surface area contributed by atoms with E-state index < -0.39 is 40.8 Å². The van der Waals surface area contributed by atoms with Crippen LogP contribution in [0.25, 0.3) is 0 Å². The number of nitrogens with one attached hydrogen (secondary N) is 1. The number of carbonyl (C=O) groups excluding carboxylic acids is 3. The van der Waals surface area contributed by atoms with Gasteiger partial charge in [0.1, 0.15) is 9.88 Å². The third-order valence-corrected chi connectivity index (χ3v) is 6.00. The monoisotopic (exact) mass is 509 g/mol. The highest BCUT2D eigenvalue weighted by Gasteiger charge is 2.38. The number of nitrogens with zero attached hydrogens (tertiary/aromatic N) is 2. The van der Waals surface area contributed by atoms with Crippen molar-refractivity contribution in [2.75, 3.05) is 11.9 Å². The Hall–Kier alpha value is -2.60. The van der Waals surface area contributed by atoms with Gasteiger partial charge in [-0.2, -0.15) is 18.3 Å². The Morgan fingerprint density at radius 2 is 1.85 bits per heavy atom. The fourth-order valence-electron chi connectivity index (χ4n) is 2.83. The molecule has 0 aliphatic carbocycles. The lowest BCUT2D eigenvalue weighted by molar-refractivity contribution is -0.141. The zero-order valence-corrected chi connectivity index (χ0v) is 20.1. The molecule has 13 heteroatoms. The predicted molar refractivity (Wildman–Crippen MR) is 116 cm³/mol. The van der Waals surface area contributed by atoms with Gasteiger partial charge in [-0.1, -0.05) is 11.6 Å². The van der Waals surface area contributed by atoms with Crippen LogP contribution in [0.2, 0.25) is 5.02 Å². The number of esters is 2. The highest BCUT2D eigenvalue weighted by Crippen LogP contribution is 2.36. The van der Waals surface area contributed by atoms with E-state index in [9.17, 15) is 27.6 Å². The fourth-order valence-corrected chi connectivity index (χ4v) is 4.18. The summed E-state index contributed by atoms with van der Waals surface area (Å²) in [5, 5.41) is 5.53. The van der Waals surface area contributed by atoms with Crippen molar-refractivity contribution < 1.29 is 37.0 Å². The van der Waals surface area contributed by atoms with E-state index in [0.29, 0.717) is 5.56 Å². The van der Waals surface area contributed by atoms with E-state index in [0.717, 1.165) is 16.0 Å². The topological polar surface area (TPSA) is 99.5 Å². The number of anilines is 1. The van der Waals surface area contributed by atoms with Crippen molar-refractivity contribution in [1.29, 1.82) is 0 Å². The number of rotatable bonds is 8. The number of hydrogen-bond donors (Lipinski definition) is 1. The smallest absolute Gasteiger partial charge is 0.436 e. The molecule has 0 radical (unpaired) electrons. The first-order valence-corrected chi connectivity index (χ1v) is 11.1. The van der Waals surface area contributed by atoms with Gasteiger partial charge in [-0.25, -0.2) is 9.59 Å². The maximum absolute atomic E-state index is 13.0. The van der Waals surface area contributed by atoms with Crippen LogP contribution in [0.1, 0.15) is 64.2 Å². The Morgan fingerprint density at radius 3 is 2.36 bits per heavy atom. The number of carbonyl (C=O) groups is 3. The summed E-state index contributed by atoms with van der Waals surface area (Å²) < 4.78 is 50.1. The number of alkyl halides is 3. The Bertz CT molecular complexity index is 1060. The average Bonchev–Trinajstić information content (AvgIpc) is 3.16. The van der Waals surface area contributed by atoms with Gasteiger partial charge in [0, 0.05) is 6.42 Å². The number of hydrogen-bond acceptors (Lipinski definition) is 7. The Balaban J connectivity index is 2.25. The largest absolute Gasteiger partial charge is 0.462 e. The Labute approximate surface area is 197 Å². The lowest BCUT2D eigenvalue weighted by Crippen LogP contribution is -2.18. The van der Waals surface area contributed by atoms with Gasteiger partial charge in [-0.05, 0) is 40.2 Å². The van der Waals surface area contributed by atoms with E-state index in [4.69, 9.17) is 21.1 Å². The van der Waals surface area contributed by atoms with Crippen LogP contribution in [-0.2, 0) is 27.0 Å². The first kappa shape index (κ1) is 26.7. The molecule has 0 saturated carbocycles. The molecular formula is C20H23ClF3N3O5S. The van der Waals surface area contributed by atoms with Crippen molar-refractivity contribution in [2.45, 2.75) is 59.9 Å². The molecule has 0 saturated heterocycles. The molecule has 182 valence electrons. The maximum Gasteiger partial charge on any atom is 0.436 e. The van der Waals surface area contributed by atoms with Gasteiger partial charge >= 0.3 is 18.1 Å². The van der Waals surface area contributed by atoms with Gasteiger partial charge in [-0.3, -0.25) is 9.48 Å². The van der Waals surface area contributed by atoms with Crippen molar-refractivity contribution in [2.24, 2.45) is 0 Å². The second-order valence-corrected chi connectivity index (χ2v) is 8.60. The van der Waals surface area contributed by atoms with E-state index in [-0.39, 0.29) is 40.7 Å². The van der Waals surface area contributed by atoms with Crippen LogP contribution in [0.4, 0.5) is 18.2 Å². The van der Waals surface area contributed by atoms with Gasteiger partial charge < -0.3 is 14.8 Å². The highest BCUT2D eigenvalue weighted by atomic mass is 35.5. The second-order valence-electron chi connectivity index (χ2n) is 7.20. The SMILES string of the molecule is CCOC(=O)c1sc(NC(=O)CCn2nc(C(F)(F)F)c(Cl)c2C)c(C(=O)OC(C)C)c1C. The molecule has 33 heavy (non-hydrogen) atoms. The zero-order valence-electron chi connectivity index (χ0n) is 18.6. The molecule has 0 aliphatic heterocycles. The standard InChI is InChI=1S/C20H23ClF3N3O5S/c1-6-31-19(30)15-10(4)13(18(29)32-9(2)3)17(33-15)25-12(28)7-8-27-11(5)14(21)16(26-27)20(22,23)24/h9H,6-8H2,1-5H3,(H,25,28). The molecule has 1 N–H and O–H groups in total.